The molecule has 4 N–H and O–H groups in total. The highest BCUT2D eigenvalue weighted by Crippen LogP contribution is 2.43. The molecule has 0 unspecified atom stereocenters. The van der Waals surface area contributed by atoms with E-state index in [0.29, 0.717) is 38.0 Å². The topological polar surface area (TPSA) is 184 Å². The fourth-order valence-electron chi connectivity index (χ4n) is 9.81. The molecular weight excluding hydrogens is 877 g/mol. The van der Waals surface area contributed by atoms with Gasteiger partial charge in [0, 0.05) is 86.4 Å². The van der Waals surface area contributed by atoms with Crippen LogP contribution in [0.1, 0.15) is 65.0 Å². The van der Waals surface area contributed by atoms with Crippen molar-refractivity contribution in [1.82, 2.24) is 24.8 Å². The maximum absolute atomic E-state index is 14.6. The number of phenolic OH excluding ortho intramolecular Hbond substituents is 1. The van der Waals surface area contributed by atoms with Crippen LogP contribution < -0.4 is 20.8 Å². The van der Waals surface area contributed by atoms with Crippen molar-refractivity contribution in [2.45, 2.75) is 85.4 Å². The maximum atomic E-state index is 14.6. The SMILES string of the molecule is C=CC(=O)N(CCN)CCC(=O)N(C)[C@H](C(=O)[N+]#C[C@H]1Cc2cc(O)cc(c2)-c2ccc3c(c2)c(c(-c2ccc4c(c2)OCCN4C)n3CC)CC(C)(C)COC(=O)[C@@H]2CCCN(N2)C1=O)C(C)C. The predicted octanol–water partition coefficient (Wildman–Crippen LogP) is 6.02. The second kappa shape index (κ2) is 21.3. The summed E-state index contributed by atoms with van der Waals surface area (Å²) in [6, 6.07) is 18.9. The van der Waals surface area contributed by atoms with Crippen molar-refractivity contribution < 1.29 is 38.6 Å². The lowest BCUT2D eigenvalue weighted by Crippen LogP contribution is -2.57. The number of carbonyl (C=O) groups is 5. The van der Waals surface area contributed by atoms with Gasteiger partial charge in [0.15, 0.2) is 12.0 Å². The van der Waals surface area contributed by atoms with E-state index in [4.69, 9.17) is 15.2 Å². The van der Waals surface area contributed by atoms with Crippen molar-refractivity contribution >= 4 is 46.2 Å². The average molecular weight is 944 g/mol. The van der Waals surface area contributed by atoms with Crippen molar-refractivity contribution in [1.29, 1.82) is 0 Å². The van der Waals surface area contributed by atoms with Crippen molar-refractivity contribution in [3.05, 3.63) is 83.2 Å². The van der Waals surface area contributed by atoms with E-state index >= 15 is 0 Å². The molecule has 3 aromatic carbocycles. The summed E-state index contributed by atoms with van der Waals surface area (Å²) >= 11 is 0. The van der Waals surface area contributed by atoms with Gasteiger partial charge in [-0.25, -0.2) is 5.43 Å². The van der Waals surface area contributed by atoms with Crippen LogP contribution in [-0.4, -0.2) is 126 Å². The van der Waals surface area contributed by atoms with Gasteiger partial charge in [-0.3, -0.25) is 24.2 Å². The van der Waals surface area contributed by atoms with Crippen LogP contribution in [0.15, 0.2) is 67.3 Å². The number of nitrogens with one attached hydrogen (secondary N) is 1. The number of benzene rings is 3. The molecule has 4 aromatic rings. The summed E-state index contributed by atoms with van der Waals surface area (Å²) in [6.07, 6.45) is 2.60. The first-order valence-electron chi connectivity index (χ1n) is 24.0. The van der Waals surface area contributed by atoms with Gasteiger partial charge >= 0.3 is 11.9 Å². The first kappa shape index (κ1) is 50.2. The van der Waals surface area contributed by atoms with E-state index in [1.54, 1.807) is 26.0 Å². The molecule has 0 radical (unpaired) electrons. The lowest BCUT2D eigenvalue weighted by molar-refractivity contribution is -0.155. The molecule has 0 saturated carbocycles. The quantitative estimate of drug-likeness (QED) is 0.118. The number of hydrazine groups is 1. The number of ether oxygens (including phenoxy) is 2. The van der Waals surface area contributed by atoms with Gasteiger partial charge in [0.05, 0.1) is 24.5 Å². The highest BCUT2D eigenvalue weighted by Gasteiger charge is 2.40. The number of rotatable bonds is 11. The smallest absolute Gasteiger partial charge is 0.508 e. The third kappa shape index (κ3) is 11.1. The number of hydrogen-bond acceptors (Lipinski definition) is 11. The number of phenols is 1. The Bertz CT molecular complexity index is 2700. The third-order valence-electron chi connectivity index (χ3n) is 13.4. The van der Waals surface area contributed by atoms with Gasteiger partial charge in [0.2, 0.25) is 11.8 Å². The van der Waals surface area contributed by atoms with E-state index in [1.807, 2.05) is 12.1 Å². The van der Waals surface area contributed by atoms with Crippen molar-refractivity contribution in [3.8, 4) is 40.0 Å². The highest BCUT2D eigenvalue weighted by atomic mass is 16.5. The van der Waals surface area contributed by atoms with Crippen LogP contribution in [0.5, 0.6) is 11.5 Å². The number of nitrogens with zero attached hydrogens (tertiary/aromatic N) is 6. The Labute approximate surface area is 404 Å². The molecular formula is C53H67N8O8+. The fourth-order valence-corrected chi connectivity index (χ4v) is 9.81. The molecule has 3 aliphatic heterocycles. The summed E-state index contributed by atoms with van der Waals surface area (Å²) in [5.41, 5.74) is 15.6. The van der Waals surface area contributed by atoms with Crippen molar-refractivity contribution in [2.24, 2.45) is 23.0 Å². The summed E-state index contributed by atoms with van der Waals surface area (Å²) in [5.74, 6) is -3.10. The number of aryl methyl sites for hydroxylation is 1. The molecule has 4 heterocycles. The Morgan fingerprint density at radius 3 is 2.54 bits per heavy atom. The summed E-state index contributed by atoms with van der Waals surface area (Å²) in [5, 5.41) is 13.7. The van der Waals surface area contributed by atoms with Gasteiger partial charge < -0.3 is 39.6 Å². The lowest BCUT2D eigenvalue weighted by atomic mass is 9.84. The van der Waals surface area contributed by atoms with E-state index in [1.165, 1.54) is 21.9 Å². The fraction of sp³-hybridized carbons (Fsp3) is 0.472. The minimum absolute atomic E-state index is 0.00658. The molecule has 1 fully saturated rings. The van der Waals surface area contributed by atoms with Crippen LogP contribution in [0.2, 0.25) is 0 Å². The van der Waals surface area contributed by atoms with Gasteiger partial charge in [-0.2, -0.15) is 4.79 Å². The van der Waals surface area contributed by atoms with Crippen LogP contribution in [-0.2, 0) is 48.1 Å². The summed E-state index contributed by atoms with van der Waals surface area (Å²) in [7, 11) is 3.57. The van der Waals surface area contributed by atoms with Crippen LogP contribution in [0.4, 0.5) is 5.69 Å². The first-order chi connectivity index (χ1) is 32.9. The zero-order valence-corrected chi connectivity index (χ0v) is 41.0. The second-order valence-electron chi connectivity index (χ2n) is 19.5. The number of fused-ring (bicyclic) bond motifs is 7. The number of esters is 1. The van der Waals surface area contributed by atoms with Crippen LogP contribution in [0.25, 0.3) is 38.1 Å². The Morgan fingerprint density at radius 2 is 1.81 bits per heavy atom. The molecule has 16 nitrogen and oxygen atoms in total. The molecule has 0 spiro atoms. The molecule has 69 heavy (non-hydrogen) atoms. The minimum Gasteiger partial charge on any atom is -0.508 e. The monoisotopic (exact) mass is 944 g/mol. The molecule has 1 aromatic heterocycles. The summed E-state index contributed by atoms with van der Waals surface area (Å²) in [6.45, 7) is 16.4. The molecule has 0 aliphatic carbocycles. The highest BCUT2D eigenvalue weighted by molar-refractivity contribution is 5.97. The molecule has 6 bridgehead atoms. The molecule has 3 aliphatic rings. The molecule has 1 saturated heterocycles. The van der Waals surface area contributed by atoms with Gasteiger partial charge in [0.25, 0.3) is 12.0 Å². The van der Waals surface area contributed by atoms with E-state index in [9.17, 15) is 29.1 Å². The molecule has 3 atom stereocenters. The zero-order chi connectivity index (χ0) is 49.7. The number of nitrogens with two attached hydrogens (primary N) is 1. The number of amides is 4. The molecule has 7 rings (SSSR count). The van der Waals surface area contributed by atoms with Gasteiger partial charge in [-0.05, 0) is 96.8 Å². The Hall–Kier alpha value is -6.70. The molecule has 366 valence electrons. The summed E-state index contributed by atoms with van der Waals surface area (Å²) < 4.78 is 14.6. The Balaban J connectivity index is 1.29. The maximum Gasteiger partial charge on any atom is 0.537 e. The zero-order valence-electron chi connectivity index (χ0n) is 41.0. The van der Waals surface area contributed by atoms with Gasteiger partial charge in [-0.1, -0.05) is 52.5 Å². The average Bonchev–Trinajstić information content (AvgIpc) is 3.63. The number of hydrogen-bond donors (Lipinski definition) is 3. The number of anilines is 1. The third-order valence-corrected chi connectivity index (χ3v) is 13.4. The van der Waals surface area contributed by atoms with E-state index in [-0.39, 0.29) is 69.1 Å². The van der Waals surface area contributed by atoms with Crippen LogP contribution in [0, 0.1) is 23.3 Å². The summed E-state index contributed by atoms with van der Waals surface area (Å²) in [4.78, 5) is 77.5. The van der Waals surface area contributed by atoms with Crippen molar-refractivity contribution in [3.63, 3.8) is 0 Å². The lowest BCUT2D eigenvalue weighted by Gasteiger charge is -2.34. The van der Waals surface area contributed by atoms with Gasteiger partial charge in [0.1, 0.15) is 24.1 Å². The number of cyclic esters (lactones) is 1. The van der Waals surface area contributed by atoms with E-state index in [0.717, 1.165) is 62.9 Å². The number of aromatic nitrogens is 1. The molecule has 16 heteroatoms. The first-order valence-corrected chi connectivity index (χ1v) is 24.0. The Morgan fingerprint density at radius 1 is 1.04 bits per heavy atom. The number of carbonyl (C=O) groups excluding carboxylic acids is 5. The number of likely N-dealkylation sites (N-methyl/N-ethyl adjacent to an activating group) is 2. The van der Waals surface area contributed by atoms with E-state index < -0.39 is 41.2 Å². The largest absolute Gasteiger partial charge is 0.537 e. The second-order valence-corrected chi connectivity index (χ2v) is 19.5. The van der Waals surface area contributed by atoms with Crippen molar-refractivity contribution in [2.75, 3.05) is 64.9 Å². The van der Waals surface area contributed by atoms with E-state index in [2.05, 4.69) is 90.5 Å². The predicted molar refractivity (Wildman–Crippen MR) is 267 cm³/mol. The standard InChI is InChI=1S/C53H66N8O8/c1-9-46(63)59(21-18-54)20-17-47(64)58(8)48(33(3)4)50(65)55-31-38-25-34-24-37(27-39(62)26-34)35-13-15-43-40(28-35)41(30-53(5,6)32-69-52(67)42-12-11-19-61(56-42)51(38)66)49(60(43)10-2)36-14-16-44-45(29-36)68-23-22-57(44)7/h9,13-16,24,26-29,33,38,42,48,56H,1,10-12,17-23,25,30,32,54H2,2-8H3/p+1/t38-,42+,48+/m1/s1. The van der Waals surface area contributed by atoms with Gasteiger partial charge in [-0.15, -0.1) is 0 Å². The normalized spacial score (nSPS) is 18.5. The molecule has 4 amide bonds. The number of aromatic hydroxyl groups is 1. The van der Waals surface area contributed by atoms with Crippen LogP contribution in [0.3, 0.4) is 0 Å². The van der Waals surface area contributed by atoms with Crippen LogP contribution >= 0.6 is 0 Å². The minimum atomic E-state index is -1.15. The Kier molecular flexibility index (Phi) is 15.5.